The van der Waals surface area contributed by atoms with Gasteiger partial charge in [0.1, 0.15) is 0 Å². The van der Waals surface area contributed by atoms with Crippen molar-refractivity contribution in [3.63, 3.8) is 0 Å². The highest BCUT2D eigenvalue weighted by Crippen LogP contribution is 2.21. The van der Waals surface area contributed by atoms with E-state index in [1.807, 2.05) is 0 Å². The number of nitrogens with two attached hydrogens (primary N) is 1. The molecule has 1 aliphatic heterocycles. The van der Waals surface area contributed by atoms with Crippen molar-refractivity contribution in [3.8, 4) is 0 Å². The molecule has 0 aliphatic carbocycles. The summed E-state index contributed by atoms with van der Waals surface area (Å²) < 4.78 is 4.90. The van der Waals surface area contributed by atoms with Gasteiger partial charge in [0.2, 0.25) is 5.89 Å². The van der Waals surface area contributed by atoms with E-state index in [0.717, 1.165) is 19.4 Å². The highest BCUT2D eigenvalue weighted by molar-refractivity contribution is 5.12. The molecule has 0 aromatic carbocycles. The molecule has 0 amide bonds. The van der Waals surface area contributed by atoms with Crippen molar-refractivity contribution in [2.45, 2.75) is 18.9 Å². The molecule has 1 saturated heterocycles. The molecule has 5 nitrogen and oxygen atoms in total. The number of nitrogens with zero attached hydrogens (tertiary/aromatic N) is 2. The van der Waals surface area contributed by atoms with Gasteiger partial charge in [0, 0.05) is 0 Å². The number of anilines is 1. The highest BCUT2D eigenvalue weighted by Gasteiger charge is 2.21. The van der Waals surface area contributed by atoms with E-state index in [-0.39, 0.29) is 12.0 Å². The van der Waals surface area contributed by atoms with Crippen LogP contribution in [0.25, 0.3) is 0 Å². The fourth-order valence-corrected chi connectivity index (χ4v) is 1.28. The highest BCUT2D eigenvalue weighted by atomic mass is 16.5. The van der Waals surface area contributed by atoms with Crippen LogP contribution in [0.2, 0.25) is 0 Å². The third-order valence-corrected chi connectivity index (χ3v) is 1.82. The quantitative estimate of drug-likeness (QED) is 0.598. The number of nitrogen functional groups attached to an aromatic ring is 1. The molecule has 60 valence electrons. The Morgan fingerprint density at radius 2 is 2.55 bits per heavy atom. The lowest BCUT2D eigenvalue weighted by atomic mass is 10.2. The maximum atomic E-state index is 5.30. The molecule has 1 aliphatic rings. The first-order valence-electron chi connectivity index (χ1n) is 3.69. The molecule has 0 radical (unpaired) electrons. The molecule has 0 saturated carbocycles. The summed E-state index contributed by atoms with van der Waals surface area (Å²) in [6.07, 6.45) is 2.22. The lowest BCUT2D eigenvalue weighted by molar-refractivity contribution is 0.345. The topological polar surface area (TPSA) is 77.0 Å². The maximum Gasteiger partial charge on any atom is 0.260 e. The minimum Gasteiger partial charge on any atom is -0.365 e. The van der Waals surface area contributed by atoms with Gasteiger partial charge in [-0.2, -0.15) is 4.98 Å². The first-order chi connectivity index (χ1) is 5.36. The van der Waals surface area contributed by atoms with Gasteiger partial charge in [0.15, 0.2) is 0 Å². The van der Waals surface area contributed by atoms with Gasteiger partial charge in [-0.3, -0.25) is 0 Å². The van der Waals surface area contributed by atoms with Crippen molar-refractivity contribution >= 4 is 5.95 Å². The van der Waals surface area contributed by atoms with Gasteiger partial charge in [0.05, 0.1) is 6.04 Å². The number of hydrogen-bond donors (Lipinski definition) is 2. The summed E-state index contributed by atoms with van der Waals surface area (Å²) in [5, 5.41) is 6.75. The smallest absolute Gasteiger partial charge is 0.260 e. The van der Waals surface area contributed by atoms with Gasteiger partial charge in [-0.05, 0) is 24.5 Å². The molecule has 1 atom stereocenters. The van der Waals surface area contributed by atoms with Crippen LogP contribution in [0.4, 0.5) is 5.95 Å². The summed E-state index contributed by atoms with van der Waals surface area (Å²) in [6, 6.07) is 0.222. The molecule has 1 aromatic heterocycles. The standard InChI is InChI=1S/C6H10N4O/c7-6-9-5(11-10-6)4-2-1-3-8-4/h4,8H,1-3H2,(H2,7,10)/t4-/m1/s1. The van der Waals surface area contributed by atoms with E-state index in [0.29, 0.717) is 5.89 Å². The van der Waals surface area contributed by atoms with Gasteiger partial charge >= 0.3 is 0 Å². The molecule has 0 bridgehead atoms. The van der Waals surface area contributed by atoms with Crippen LogP contribution in [0.15, 0.2) is 4.52 Å². The summed E-state index contributed by atoms with van der Waals surface area (Å²) in [7, 11) is 0. The summed E-state index contributed by atoms with van der Waals surface area (Å²) in [4.78, 5) is 3.93. The van der Waals surface area contributed by atoms with Gasteiger partial charge in [-0.1, -0.05) is 0 Å². The first-order valence-corrected chi connectivity index (χ1v) is 3.69. The minimum atomic E-state index is 0.216. The Kier molecular flexibility index (Phi) is 1.50. The molecular formula is C6H10N4O. The van der Waals surface area contributed by atoms with Gasteiger partial charge in [-0.15, -0.1) is 0 Å². The second kappa shape index (κ2) is 2.50. The number of hydrogen-bond acceptors (Lipinski definition) is 5. The van der Waals surface area contributed by atoms with Crippen LogP contribution >= 0.6 is 0 Å². The monoisotopic (exact) mass is 154 g/mol. The molecule has 0 unspecified atom stereocenters. The van der Waals surface area contributed by atoms with Gasteiger partial charge < -0.3 is 15.6 Å². The average molecular weight is 154 g/mol. The zero-order valence-electron chi connectivity index (χ0n) is 6.08. The van der Waals surface area contributed by atoms with Crippen molar-refractivity contribution in [1.29, 1.82) is 0 Å². The lowest BCUT2D eigenvalue weighted by Crippen LogP contribution is -2.13. The van der Waals surface area contributed by atoms with Crippen LogP contribution in [-0.2, 0) is 0 Å². The Morgan fingerprint density at radius 3 is 3.09 bits per heavy atom. The summed E-state index contributed by atoms with van der Waals surface area (Å²) >= 11 is 0. The van der Waals surface area contributed by atoms with E-state index in [1.165, 1.54) is 0 Å². The van der Waals surface area contributed by atoms with Crippen molar-refractivity contribution < 1.29 is 4.52 Å². The van der Waals surface area contributed by atoms with Crippen LogP contribution in [0.5, 0.6) is 0 Å². The van der Waals surface area contributed by atoms with Gasteiger partial charge in [-0.25, -0.2) is 0 Å². The van der Waals surface area contributed by atoms with E-state index in [4.69, 9.17) is 10.3 Å². The van der Waals surface area contributed by atoms with E-state index >= 15 is 0 Å². The van der Waals surface area contributed by atoms with Crippen molar-refractivity contribution in [2.24, 2.45) is 0 Å². The number of rotatable bonds is 1. The second-order valence-electron chi connectivity index (χ2n) is 2.64. The largest absolute Gasteiger partial charge is 0.365 e. The Bertz CT molecular complexity index is 240. The number of aromatic nitrogens is 2. The van der Waals surface area contributed by atoms with Crippen LogP contribution in [0, 0.1) is 0 Å². The molecule has 11 heavy (non-hydrogen) atoms. The van der Waals surface area contributed by atoms with Gasteiger partial charge in [0.25, 0.3) is 5.95 Å². The maximum absolute atomic E-state index is 5.30. The Hall–Kier alpha value is -1.10. The molecule has 1 aromatic rings. The van der Waals surface area contributed by atoms with E-state index in [1.54, 1.807) is 0 Å². The molecule has 2 rings (SSSR count). The van der Waals surface area contributed by atoms with E-state index in [2.05, 4.69) is 15.5 Å². The molecule has 0 spiro atoms. The summed E-state index contributed by atoms with van der Waals surface area (Å²) in [5.41, 5.74) is 5.30. The van der Waals surface area contributed by atoms with Crippen molar-refractivity contribution in [1.82, 2.24) is 15.5 Å². The van der Waals surface area contributed by atoms with Crippen molar-refractivity contribution in [2.75, 3.05) is 12.3 Å². The zero-order valence-corrected chi connectivity index (χ0v) is 6.08. The van der Waals surface area contributed by atoms with Crippen LogP contribution in [0.1, 0.15) is 24.8 Å². The predicted octanol–water partition coefficient (Wildman–Crippen LogP) is 0.0763. The fraction of sp³-hybridized carbons (Fsp3) is 0.667. The molecule has 1 fully saturated rings. The third kappa shape index (κ3) is 1.19. The molecule has 3 N–H and O–H groups in total. The Morgan fingerprint density at radius 1 is 1.64 bits per heavy atom. The van der Waals surface area contributed by atoms with E-state index < -0.39 is 0 Å². The average Bonchev–Trinajstić information content (AvgIpc) is 2.55. The Labute approximate surface area is 64.0 Å². The minimum absolute atomic E-state index is 0.216. The van der Waals surface area contributed by atoms with Crippen molar-refractivity contribution in [3.05, 3.63) is 5.89 Å². The second-order valence-corrected chi connectivity index (χ2v) is 2.64. The van der Waals surface area contributed by atoms with Crippen LogP contribution in [-0.4, -0.2) is 16.7 Å². The van der Waals surface area contributed by atoms with Crippen LogP contribution < -0.4 is 11.1 Å². The predicted molar refractivity (Wildman–Crippen MR) is 38.7 cm³/mol. The number of nitrogens with one attached hydrogen (secondary N) is 1. The lowest BCUT2D eigenvalue weighted by Gasteiger charge is -2.00. The van der Waals surface area contributed by atoms with Crippen LogP contribution in [0.3, 0.4) is 0 Å². The zero-order chi connectivity index (χ0) is 7.68. The van der Waals surface area contributed by atoms with E-state index in [9.17, 15) is 0 Å². The normalized spacial score (nSPS) is 24.2. The first kappa shape index (κ1) is 6.60. The molecule has 5 heteroatoms. The third-order valence-electron chi connectivity index (χ3n) is 1.82. The Balaban J connectivity index is 2.15. The SMILES string of the molecule is Nc1noc([C@H]2CCCN2)n1. The fourth-order valence-electron chi connectivity index (χ4n) is 1.28. The molecule has 2 heterocycles. The summed E-state index contributed by atoms with van der Waals surface area (Å²) in [6.45, 7) is 1.02. The molecular weight excluding hydrogens is 144 g/mol. The summed E-state index contributed by atoms with van der Waals surface area (Å²) in [5.74, 6) is 0.827.